The second-order valence-corrected chi connectivity index (χ2v) is 2.08. The Bertz CT molecular complexity index is 238. The maximum atomic E-state index is 9.24. The van der Waals surface area contributed by atoms with Gasteiger partial charge in [0.2, 0.25) is 0 Å². The van der Waals surface area contributed by atoms with E-state index in [1.54, 1.807) is 0 Å². The van der Waals surface area contributed by atoms with Crippen molar-refractivity contribution in [3.63, 3.8) is 0 Å². The van der Waals surface area contributed by atoms with Gasteiger partial charge in [-0.05, 0) is 5.56 Å². The summed E-state index contributed by atoms with van der Waals surface area (Å²) in [5.41, 5.74) is 5.27. The van der Waals surface area contributed by atoms with Gasteiger partial charge in [-0.3, -0.25) is 0 Å². The lowest BCUT2D eigenvalue weighted by Crippen LogP contribution is -2.16. The molecule has 0 aliphatic heterocycles. The number of primary amides is 1. The average Bonchev–Trinajstić information content (AvgIpc) is 2.20. The zero-order valence-corrected chi connectivity index (χ0v) is 7.01. The Morgan fingerprint density at radius 2 is 1.85 bits per heavy atom. The zero-order valence-electron chi connectivity index (χ0n) is 7.01. The van der Waals surface area contributed by atoms with Crippen LogP contribution in [0.4, 0.5) is 4.79 Å². The molecule has 1 amide bonds. The first kappa shape index (κ1) is 11.4. The van der Waals surface area contributed by atoms with E-state index in [-0.39, 0.29) is 6.61 Å². The fourth-order valence-electron chi connectivity index (χ4n) is 0.583. The van der Waals surface area contributed by atoms with Crippen molar-refractivity contribution >= 4 is 6.09 Å². The zero-order chi connectivity index (χ0) is 10.1. The first-order valence-electron chi connectivity index (χ1n) is 3.51. The Hall–Kier alpha value is -1.59. The Morgan fingerprint density at radius 3 is 2.08 bits per heavy atom. The van der Waals surface area contributed by atoms with Crippen molar-refractivity contribution in [3.05, 3.63) is 35.9 Å². The van der Waals surface area contributed by atoms with Gasteiger partial charge < -0.3 is 15.7 Å². The largest absolute Gasteiger partial charge is 0.423 e. The fourth-order valence-corrected chi connectivity index (χ4v) is 0.583. The summed E-state index contributed by atoms with van der Waals surface area (Å²) < 4.78 is 0. The van der Waals surface area contributed by atoms with Gasteiger partial charge in [0.15, 0.2) is 0 Å². The SMILES string of the molecule is NOC(N)=O.OCc1ccccc1. The van der Waals surface area contributed by atoms with Crippen LogP contribution < -0.4 is 11.6 Å². The van der Waals surface area contributed by atoms with Crippen LogP contribution in [-0.2, 0) is 11.4 Å². The van der Waals surface area contributed by atoms with E-state index in [4.69, 9.17) is 5.11 Å². The van der Waals surface area contributed by atoms with Crippen molar-refractivity contribution < 1.29 is 14.7 Å². The maximum absolute atomic E-state index is 9.24. The number of nitrogens with two attached hydrogens (primary N) is 2. The molecule has 72 valence electrons. The quantitative estimate of drug-likeness (QED) is 0.540. The number of hydrogen-bond acceptors (Lipinski definition) is 4. The second kappa shape index (κ2) is 7.08. The molecule has 0 bridgehead atoms. The van der Waals surface area contributed by atoms with Crippen LogP contribution in [0.5, 0.6) is 0 Å². The molecule has 1 rings (SSSR count). The van der Waals surface area contributed by atoms with Crippen LogP contribution in [0.25, 0.3) is 0 Å². The van der Waals surface area contributed by atoms with Crippen LogP contribution in [0.2, 0.25) is 0 Å². The molecule has 0 atom stereocenters. The number of hydrogen-bond donors (Lipinski definition) is 3. The molecule has 0 unspecified atom stereocenters. The summed E-state index contributed by atoms with van der Waals surface area (Å²) in [6.45, 7) is 0.140. The van der Waals surface area contributed by atoms with Gasteiger partial charge in [-0.15, -0.1) is 0 Å². The van der Waals surface area contributed by atoms with Crippen molar-refractivity contribution in [3.8, 4) is 0 Å². The fraction of sp³-hybridized carbons (Fsp3) is 0.125. The molecule has 0 aliphatic rings. The van der Waals surface area contributed by atoms with E-state index >= 15 is 0 Å². The smallest absolute Gasteiger partial charge is 0.392 e. The van der Waals surface area contributed by atoms with Crippen LogP contribution in [0.15, 0.2) is 30.3 Å². The number of benzene rings is 1. The van der Waals surface area contributed by atoms with E-state index in [2.05, 4.69) is 16.5 Å². The van der Waals surface area contributed by atoms with Gasteiger partial charge in [-0.25, -0.2) is 4.79 Å². The van der Waals surface area contributed by atoms with Gasteiger partial charge in [-0.1, -0.05) is 30.3 Å². The lowest BCUT2D eigenvalue weighted by Gasteiger charge is -1.89. The van der Waals surface area contributed by atoms with Gasteiger partial charge in [0.1, 0.15) is 0 Å². The molecular formula is C8H12N2O3. The second-order valence-electron chi connectivity index (χ2n) is 2.08. The van der Waals surface area contributed by atoms with Crippen molar-refractivity contribution in [1.82, 2.24) is 0 Å². The molecule has 0 aromatic heterocycles. The highest BCUT2D eigenvalue weighted by Gasteiger charge is 1.81. The van der Waals surface area contributed by atoms with Gasteiger partial charge >= 0.3 is 6.09 Å². The number of aliphatic hydroxyl groups is 1. The molecule has 0 spiro atoms. The third kappa shape index (κ3) is 6.79. The first-order chi connectivity index (χ1) is 6.20. The van der Waals surface area contributed by atoms with E-state index in [0.29, 0.717) is 0 Å². The molecule has 0 saturated heterocycles. The number of carbonyl (C=O) groups is 1. The highest BCUT2D eigenvalue weighted by molar-refractivity contribution is 5.63. The number of amides is 1. The number of rotatable bonds is 1. The van der Waals surface area contributed by atoms with E-state index in [0.717, 1.165) is 5.56 Å². The van der Waals surface area contributed by atoms with E-state index < -0.39 is 6.09 Å². The molecule has 0 heterocycles. The molecule has 13 heavy (non-hydrogen) atoms. The molecule has 5 heteroatoms. The summed E-state index contributed by atoms with van der Waals surface area (Å²) >= 11 is 0. The molecule has 5 nitrogen and oxygen atoms in total. The summed E-state index contributed by atoms with van der Waals surface area (Å²) in [5.74, 6) is 4.20. The topological polar surface area (TPSA) is 98.6 Å². The van der Waals surface area contributed by atoms with Crippen LogP contribution >= 0.6 is 0 Å². The molecule has 0 fully saturated rings. The summed E-state index contributed by atoms with van der Waals surface area (Å²) in [6.07, 6.45) is -0.968. The predicted molar refractivity (Wildman–Crippen MR) is 47.2 cm³/mol. The Labute approximate surface area is 75.9 Å². The molecular weight excluding hydrogens is 172 g/mol. The van der Waals surface area contributed by atoms with Gasteiger partial charge in [0.05, 0.1) is 6.61 Å². The third-order valence-electron chi connectivity index (χ3n) is 1.14. The van der Waals surface area contributed by atoms with Crippen LogP contribution in [0.1, 0.15) is 5.56 Å². The van der Waals surface area contributed by atoms with Crippen LogP contribution in [0, 0.1) is 0 Å². The molecule has 1 aromatic carbocycles. The van der Waals surface area contributed by atoms with Gasteiger partial charge in [0, 0.05) is 0 Å². The average molecular weight is 184 g/mol. The van der Waals surface area contributed by atoms with Crippen LogP contribution in [0.3, 0.4) is 0 Å². The summed E-state index contributed by atoms with van der Waals surface area (Å²) in [4.78, 5) is 12.6. The van der Waals surface area contributed by atoms with Crippen molar-refractivity contribution in [2.75, 3.05) is 0 Å². The van der Waals surface area contributed by atoms with Crippen molar-refractivity contribution in [1.29, 1.82) is 0 Å². The van der Waals surface area contributed by atoms with E-state index in [9.17, 15) is 4.79 Å². The lowest BCUT2D eigenvalue weighted by atomic mass is 10.2. The standard InChI is InChI=1S/C7H8O.CH4N2O2/c8-6-7-4-2-1-3-5-7;2-1(4)5-3/h1-5,8H,6H2;3H2,(H2,2,4). The normalized spacial score (nSPS) is 8.15. The monoisotopic (exact) mass is 184 g/mol. The first-order valence-corrected chi connectivity index (χ1v) is 3.51. The molecule has 0 radical (unpaired) electrons. The summed E-state index contributed by atoms with van der Waals surface area (Å²) in [5, 5.41) is 8.54. The molecule has 1 aromatic rings. The highest BCUT2D eigenvalue weighted by atomic mass is 16.7. The molecule has 0 saturated carbocycles. The Morgan fingerprint density at radius 1 is 1.38 bits per heavy atom. The minimum absolute atomic E-state index is 0.140. The summed E-state index contributed by atoms with van der Waals surface area (Å²) in [6, 6.07) is 9.52. The minimum atomic E-state index is -0.968. The van der Waals surface area contributed by atoms with Crippen molar-refractivity contribution in [2.45, 2.75) is 6.61 Å². The van der Waals surface area contributed by atoms with Crippen LogP contribution in [-0.4, -0.2) is 11.2 Å². The summed E-state index contributed by atoms with van der Waals surface area (Å²) in [7, 11) is 0. The Kier molecular flexibility index (Phi) is 6.21. The number of aliphatic hydroxyl groups excluding tert-OH is 1. The molecule has 5 N–H and O–H groups in total. The Balaban J connectivity index is 0.000000252. The van der Waals surface area contributed by atoms with Crippen molar-refractivity contribution in [2.24, 2.45) is 11.6 Å². The highest BCUT2D eigenvalue weighted by Crippen LogP contribution is 1.95. The third-order valence-corrected chi connectivity index (χ3v) is 1.14. The van der Waals surface area contributed by atoms with E-state index in [1.165, 1.54) is 0 Å². The predicted octanol–water partition coefficient (Wildman–Crippen LogP) is 0.134. The minimum Gasteiger partial charge on any atom is -0.392 e. The lowest BCUT2D eigenvalue weighted by molar-refractivity contribution is 0.159. The maximum Gasteiger partial charge on any atom is 0.423 e. The van der Waals surface area contributed by atoms with Gasteiger partial charge in [-0.2, -0.15) is 5.90 Å². The number of carbonyl (C=O) groups excluding carboxylic acids is 1. The molecule has 0 aliphatic carbocycles. The van der Waals surface area contributed by atoms with E-state index in [1.807, 2.05) is 30.3 Å². The van der Waals surface area contributed by atoms with Gasteiger partial charge in [0.25, 0.3) is 0 Å².